The lowest BCUT2D eigenvalue weighted by Gasteiger charge is -2.37. The van der Waals surface area contributed by atoms with Crippen molar-refractivity contribution < 1.29 is 28.2 Å². The standard InChI is InChI=1S/C27H31ClF3N3O3/c1-26(2,3)12-21-27(14-32,18-8-7-15(28)11-20(18)30)22(17-5-4-6-19(29)23(17)31)24(34-21)25(37)33-10-9-16(36)13-35/h4-8,11,16,21-22,24,34-36H,9-10,12-13H2,1-3H3,(H,33,37)/t16-,21+,22+,24-,27+/m0/s1. The Kier molecular flexibility index (Phi) is 8.91. The molecule has 1 aliphatic heterocycles. The van der Waals surface area contributed by atoms with Gasteiger partial charge < -0.3 is 20.8 Å². The van der Waals surface area contributed by atoms with Crippen molar-refractivity contribution in [3.8, 4) is 6.07 Å². The van der Waals surface area contributed by atoms with Crippen LogP contribution in [0.2, 0.25) is 5.02 Å². The fourth-order valence-corrected chi connectivity index (χ4v) is 5.28. The number of carbonyl (C=O) groups excluding carboxylic acids is 1. The number of carbonyl (C=O) groups is 1. The van der Waals surface area contributed by atoms with Gasteiger partial charge in [0.25, 0.3) is 0 Å². The molecule has 0 spiro atoms. The molecule has 3 rings (SSSR count). The minimum atomic E-state index is -1.82. The van der Waals surface area contributed by atoms with E-state index in [1.54, 1.807) is 0 Å². The molecule has 2 aromatic carbocycles. The van der Waals surface area contributed by atoms with E-state index in [2.05, 4.69) is 16.7 Å². The van der Waals surface area contributed by atoms with Gasteiger partial charge in [-0.2, -0.15) is 5.26 Å². The molecule has 1 amide bonds. The molecule has 1 aliphatic rings. The number of hydrogen-bond acceptors (Lipinski definition) is 5. The molecule has 0 bridgehead atoms. The van der Waals surface area contributed by atoms with Gasteiger partial charge in [0.15, 0.2) is 11.6 Å². The van der Waals surface area contributed by atoms with Crippen LogP contribution in [0.25, 0.3) is 0 Å². The summed E-state index contributed by atoms with van der Waals surface area (Å²) in [6.07, 6.45) is -0.708. The van der Waals surface area contributed by atoms with Gasteiger partial charge in [-0.15, -0.1) is 0 Å². The monoisotopic (exact) mass is 537 g/mol. The summed E-state index contributed by atoms with van der Waals surface area (Å²) >= 11 is 5.98. The van der Waals surface area contributed by atoms with Crippen LogP contribution < -0.4 is 10.6 Å². The first-order valence-electron chi connectivity index (χ1n) is 12.0. The van der Waals surface area contributed by atoms with E-state index in [1.165, 1.54) is 24.3 Å². The van der Waals surface area contributed by atoms with E-state index < -0.39 is 64.9 Å². The Balaban J connectivity index is 2.24. The van der Waals surface area contributed by atoms with Crippen LogP contribution >= 0.6 is 11.6 Å². The second-order valence-electron chi connectivity index (χ2n) is 10.6. The minimum absolute atomic E-state index is 0.0180. The van der Waals surface area contributed by atoms with Crippen molar-refractivity contribution in [2.45, 2.75) is 63.1 Å². The molecule has 2 aromatic rings. The van der Waals surface area contributed by atoms with Crippen LogP contribution in [0.15, 0.2) is 36.4 Å². The summed E-state index contributed by atoms with van der Waals surface area (Å²) in [5.74, 6) is -5.15. The first kappa shape index (κ1) is 28.9. The van der Waals surface area contributed by atoms with Crippen molar-refractivity contribution in [1.29, 1.82) is 5.26 Å². The molecule has 0 saturated carbocycles. The van der Waals surface area contributed by atoms with Crippen molar-refractivity contribution in [2.24, 2.45) is 5.41 Å². The molecule has 0 unspecified atom stereocenters. The van der Waals surface area contributed by atoms with Crippen molar-refractivity contribution >= 4 is 17.5 Å². The van der Waals surface area contributed by atoms with Crippen LogP contribution in [0.4, 0.5) is 13.2 Å². The molecule has 0 aromatic heterocycles. The zero-order valence-electron chi connectivity index (χ0n) is 20.9. The van der Waals surface area contributed by atoms with Gasteiger partial charge in [-0.3, -0.25) is 4.79 Å². The smallest absolute Gasteiger partial charge is 0.237 e. The van der Waals surface area contributed by atoms with E-state index in [0.29, 0.717) is 6.42 Å². The van der Waals surface area contributed by atoms with Gasteiger partial charge in [-0.1, -0.05) is 50.6 Å². The zero-order valence-corrected chi connectivity index (χ0v) is 21.6. The number of nitriles is 1. The Morgan fingerprint density at radius 3 is 2.54 bits per heavy atom. The van der Waals surface area contributed by atoms with E-state index in [4.69, 9.17) is 16.7 Å². The SMILES string of the molecule is CC(C)(C)C[C@H]1N[C@H](C(=O)NCC[C@H](O)CO)[C@@H](c2cccc(F)c2F)[C@]1(C#N)c1ccc(Cl)cc1F. The topological polar surface area (TPSA) is 105 Å². The summed E-state index contributed by atoms with van der Waals surface area (Å²) in [6.45, 7) is 5.23. The molecule has 0 aliphatic carbocycles. The van der Waals surface area contributed by atoms with Gasteiger partial charge in [0, 0.05) is 29.1 Å². The third kappa shape index (κ3) is 5.93. The van der Waals surface area contributed by atoms with E-state index in [1.807, 2.05) is 20.8 Å². The van der Waals surface area contributed by atoms with Crippen molar-refractivity contribution in [3.63, 3.8) is 0 Å². The largest absolute Gasteiger partial charge is 0.394 e. The Bertz CT molecular complexity index is 1180. The van der Waals surface area contributed by atoms with Gasteiger partial charge >= 0.3 is 0 Å². The number of halogens is 4. The fraction of sp³-hybridized carbons (Fsp3) is 0.481. The summed E-state index contributed by atoms with van der Waals surface area (Å²) < 4.78 is 45.2. The first-order valence-corrected chi connectivity index (χ1v) is 12.4. The van der Waals surface area contributed by atoms with Crippen LogP contribution in [-0.2, 0) is 10.2 Å². The molecule has 1 saturated heterocycles. The molecule has 37 heavy (non-hydrogen) atoms. The number of benzene rings is 2. The highest BCUT2D eigenvalue weighted by molar-refractivity contribution is 6.30. The third-order valence-electron chi connectivity index (χ3n) is 6.72. The fourth-order valence-electron chi connectivity index (χ4n) is 5.12. The number of nitrogens with zero attached hydrogens (tertiary/aromatic N) is 1. The Morgan fingerprint density at radius 2 is 1.95 bits per heavy atom. The normalized spacial score (nSPS) is 24.5. The third-order valence-corrected chi connectivity index (χ3v) is 6.95. The molecule has 5 atom stereocenters. The second kappa shape index (κ2) is 11.4. The first-order chi connectivity index (χ1) is 17.4. The number of aliphatic hydroxyl groups is 2. The summed E-state index contributed by atoms with van der Waals surface area (Å²) in [5.41, 5.74) is -2.54. The Morgan fingerprint density at radius 1 is 1.24 bits per heavy atom. The number of hydrogen-bond donors (Lipinski definition) is 4. The minimum Gasteiger partial charge on any atom is -0.394 e. The van der Waals surface area contributed by atoms with Gasteiger partial charge in [-0.25, -0.2) is 13.2 Å². The van der Waals surface area contributed by atoms with Gasteiger partial charge in [0.2, 0.25) is 5.91 Å². The molecule has 1 fully saturated rings. The number of amides is 1. The number of aliphatic hydroxyl groups excluding tert-OH is 2. The van der Waals surface area contributed by atoms with E-state index >= 15 is 8.78 Å². The predicted octanol–water partition coefficient (Wildman–Crippen LogP) is 3.94. The zero-order chi connectivity index (χ0) is 27.5. The maximum absolute atomic E-state index is 15.5. The van der Waals surface area contributed by atoms with Gasteiger partial charge in [0.05, 0.1) is 24.8 Å². The Labute approximate surface area is 219 Å². The lowest BCUT2D eigenvalue weighted by atomic mass is 9.62. The molecule has 6 nitrogen and oxygen atoms in total. The highest BCUT2D eigenvalue weighted by atomic mass is 35.5. The number of nitrogens with one attached hydrogen (secondary N) is 2. The molecule has 10 heteroatoms. The molecular formula is C27H31ClF3N3O3. The average molecular weight is 538 g/mol. The van der Waals surface area contributed by atoms with Crippen LogP contribution in [0.3, 0.4) is 0 Å². The van der Waals surface area contributed by atoms with Crippen LogP contribution in [-0.4, -0.2) is 47.5 Å². The maximum atomic E-state index is 15.5. The van der Waals surface area contributed by atoms with Gasteiger partial charge in [-0.05, 0) is 42.0 Å². The molecule has 4 N–H and O–H groups in total. The highest BCUT2D eigenvalue weighted by Gasteiger charge is 2.61. The molecular weight excluding hydrogens is 507 g/mol. The lowest BCUT2D eigenvalue weighted by Crippen LogP contribution is -2.46. The summed E-state index contributed by atoms with van der Waals surface area (Å²) in [6, 6.07) is 7.43. The molecule has 200 valence electrons. The highest BCUT2D eigenvalue weighted by Crippen LogP contribution is 2.52. The average Bonchev–Trinajstić information content (AvgIpc) is 3.13. The van der Waals surface area contributed by atoms with E-state index in [-0.39, 0.29) is 29.1 Å². The van der Waals surface area contributed by atoms with Crippen molar-refractivity contribution in [1.82, 2.24) is 10.6 Å². The summed E-state index contributed by atoms with van der Waals surface area (Å²) in [4.78, 5) is 13.4. The van der Waals surface area contributed by atoms with Crippen LogP contribution in [0.5, 0.6) is 0 Å². The maximum Gasteiger partial charge on any atom is 0.237 e. The van der Waals surface area contributed by atoms with Crippen molar-refractivity contribution in [2.75, 3.05) is 13.2 Å². The number of rotatable bonds is 8. The molecule has 1 heterocycles. The summed E-state index contributed by atoms with van der Waals surface area (Å²) in [5, 5.41) is 35.2. The van der Waals surface area contributed by atoms with Gasteiger partial charge in [0.1, 0.15) is 11.2 Å². The molecule has 0 radical (unpaired) electrons. The second-order valence-corrected chi connectivity index (χ2v) is 11.0. The predicted molar refractivity (Wildman–Crippen MR) is 133 cm³/mol. The Hall–Kier alpha value is -2.64. The summed E-state index contributed by atoms with van der Waals surface area (Å²) in [7, 11) is 0. The lowest BCUT2D eigenvalue weighted by molar-refractivity contribution is -0.123. The van der Waals surface area contributed by atoms with Crippen molar-refractivity contribution in [3.05, 3.63) is 70.0 Å². The van der Waals surface area contributed by atoms with Crippen LogP contribution in [0, 0.1) is 34.2 Å². The van der Waals surface area contributed by atoms with Crippen LogP contribution in [0.1, 0.15) is 50.7 Å². The quantitative estimate of drug-likeness (QED) is 0.408. The van der Waals surface area contributed by atoms with E-state index in [0.717, 1.165) is 12.1 Å². The van der Waals surface area contributed by atoms with E-state index in [9.17, 15) is 19.6 Å².